The predicted octanol–water partition coefficient (Wildman–Crippen LogP) is 2.40. The lowest BCUT2D eigenvalue weighted by Crippen LogP contribution is -2.02. The number of nitrogens with zero attached hydrogens (tertiary/aromatic N) is 5. The molecule has 0 unspecified atom stereocenters. The second-order valence-electron chi connectivity index (χ2n) is 3.64. The summed E-state index contributed by atoms with van der Waals surface area (Å²) in [5.74, 6) is 0.929. The minimum Gasteiger partial charge on any atom is -0.321 e. The van der Waals surface area contributed by atoms with E-state index in [4.69, 9.17) is 0 Å². The van der Waals surface area contributed by atoms with E-state index in [1.165, 1.54) is 11.5 Å². The zero-order valence-electron chi connectivity index (χ0n) is 8.96. The number of hydrogen-bond acceptors (Lipinski definition) is 5. The monoisotopic (exact) mass is 309 g/mol. The summed E-state index contributed by atoms with van der Waals surface area (Å²) in [7, 11) is 0. The van der Waals surface area contributed by atoms with Crippen LogP contribution in [-0.2, 0) is 6.54 Å². The smallest absolute Gasteiger partial charge is 0.177 e. The SMILES string of the molecule is Cc1nc2ncc(Br)cc2n1Cc1csnn1. The minimum atomic E-state index is 0.678. The van der Waals surface area contributed by atoms with Crippen LogP contribution in [0.4, 0.5) is 0 Å². The Bertz CT molecular complexity index is 661. The van der Waals surface area contributed by atoms with Gasteiger partial charge in [0.1, 0.15) is 5.82 Å². The van der Waals surface area contributed by atoms with Crippen molar-refractivity contribution in [2.24, 2.45) is 0 Å². The highest BCUT2D eigenvalue weighted by atomic mass is 79.9. The topological polar surface area (TPSA) is 56.5 Å². The van der Waals surface area contributed by atoms with Crippen molar-refractivity contribution < 1.29 is 0 Å². The first-order chi connectivity index (χ1) is 8.24. The Kier molecular flexibility index (Phi) is 2.64. The molecule has 3 rings (SSSR count). The van der Waals surface area contributed by atoms with Crippen molar-refractivity contribution in [3.05, 3.63) is 33.6 Å². The van der Waals surface area contributed by atoms with Gasteiger partial charge in [0.2, 0.25) is 0 Å². The summed E-state index contributed by atoms with van der Waals surface area (Å²) >= 11 is 4.78. The van der Waals surface area contributed by atoms with Gasteiger partial charge in [-0.05, 0) is 40.5 Å². The van der Waals surface area contributed by atoms with Crippen LogP contribution in [0.15, 0.2) is 22.1 Å². The van der Waals surface area contributed by atoms with E-state index >= 15 is 0 Å². The quantitative estimate of drug-likeness (QED) is 0.729. The van der Waals surface area contributed by atoms with Gasteiger partial charge in [-0.3, -0.25) is 0 Å². The lowest BCUT2D eigenvalue weighted by Gasteiger charge is -2.03. The van der Waals surface area contributed by atoms with E-state index in [-0.39, 0.29) is 0 Å². The zero-order chi connectivity index (χ0) is 11.8. The molecule has 3 aromatic rings. The fourth-order valence-corrected chi connectivity index (χ4v) is 2.47. The number of pyridine rings is 1. The van der Waals surface area contributed by atoms with Crippen molar-refractivity contribution in [1.82, 2.24) is 24.1 Å². The lowest BCUT2D eigenvalue weighted by atomic mass is 10.4. The van der Waals surface area contributed by atoms with Gasteiger partial charge in [0.05, 0.1) is 17.8 Å². The van der Waals surface area contributed by atoms with E-state index in [0.717, 1.165) is 27.2 Å². The van der Waals surface area contributed by atoms with Gasteiger partial charge >= 0.3 is 0 Å². The Hall–Kier alpha value is -1.34. The Morgan fingerprint density at radius 3 is 3.12 bits per heavy atom. The summed E-state index contributed by atoms with van der Waals surface area (Å²) < 4.78 is 6.90. The summed E-state index contributed by atoms with van der Waals surface area (Å²) in [6.07, 6.45) is 1.75. The molecule has 0 aliphatic rings. The van der Waals surface area contributed by atoms with Crippen LogP contribution in [-0.4, -0.2) is 24.1 Å². The van der Waals surface area contributed by atoms with Gasteiger partial charge in [0, 0.05) is 16.0 Å². The van der Waals surface area contributed by atoms with Crippen molar-refractivity contribution in [3.63, 3.8) is 0 Å². The Labute approximate surface area is 110 Å². The highest BCUT2D eigenvalue weighted by molar-refractivity contribution is 9.10. The molecule has 7 heteroatoms. The van der Waals surface area contributed by atoms with Crippen LogP contribution >= 0.6 is 27.5 Å². The van der Waals surface area contributed by atoms with Gasteiger partial charge in [-0.15, -0.1) is 5.10 Å². The van der Waals surface area contributed by atoms with Gasteiger partial charge in [-0.1, -0.05) is 4.49 Å². The predicted molar refractivity (Wildman–Crippen MR) is 69.0 cm³/mol. The molecular weight excluding hydrogens is 302 g/mol. The molecule has 0 fully saturated rings. The Morgan fingerprint density at radius 1 is 1.47 bits per heavy atom. The van der Waals surface area contributed by atoms with Crippen LogP contribution in [0.3, 0.4) is 0 Å². The van der Waals surface area contributed by atoms with Crippen LogP contribution in [0, 0.1) is 6.92 Å². The van der Waals surface area contributed by atoms with Gasteiger partial charge in [-0.25, -0.2) is 9.97 Å². The van der Waals surface area contributed by atoms with Gasteiger partial charge < -0.3 is 4.57 Å². The molecule has 0 radical (unpaired) electrons. The first-order valence-electron chi connectivity index (χ1n) is 4.98. The lowest BCUT2D eigenvalue weighted by molar-refractivity contribution is 0.759. The van der Waals surface area contributed by atoms with Crippen molar-refractivity contribution in [3.8, 4) is 0 Å². The van der Waals surface area contributed by atoms with Gasteiger partial charge in [0.15, 0.2) is 5.65 Å². The van der Waals surface area contributed by atoms with E-state index in [0.29, 0.717) is 6.54 Å². The molecule has 0 saturated heterocycles. The summed E-state index contributed by atoms with van der Waals surface area (Å²) in [4.78, 5) is 8.70. The molecule has 0 bridgehead atoms. The number of fused-ring (bicyclic) bond motifs is 1. The standard InChI is InChI=1S/C10H8BrN5S/c1-6-13-10-9(2-7(11)3-12-10)16(6)4-8-5-17-15-14-8/h2-3,5H,4H2,1H3. The maximum absolute atomic E-state index is 4.42. The number of hydrogen-bond donors (Lipinski definition) is 0. The van der Waals surface area contributed by atoms with Crippen LogP contribution in [0.2, 0.25) is 0 Å². The van der Waals surface area contributed by atoms with E-state index < -0.39 is 0 Å². The summed E-state index contributed by atoms with van der Waals surface area (Å²) in [6, 6.07) is 2.02. The molecule has 0 aliphatic heterocycles. The van der Waals surface area contributed by atoms with Crippen LogP contribution in [0.25, 0.3) is 11.2 Å². The third kappa shape index (κ3) is 1.96. The van der Waals surface area contributed by atoms with Gasteiger partial charge in [-0.2, -0.15) is 0 Å². The maximum Gasteiger partial charge on any atom is 0.177 e. The van der Waals surface area contributed by atoms with Gasteiger partial charge in [0.25, 0.3) is 0 Å². The summed E-state index contributed by atoms with van der Waals surface area (Å²) in [6.45, 7) is 2.65. The molecule has 0 spiro atoms. The molecule has 0 amide bonds. The molecule has 0 N–H and O–H groups in total. The Balaban J connectivity index is 2.14. The van der Waals surface area contributed by atoms with Crippen LogP contribution in [0.5, 0.6) is 0 Å². The summed E-state index contributed by atoms with van der Waals surface area (Å²) in [5.41, 5.74) is 2.70. The van der Waals surface area contributed by atoms with Crippen molar-refractivity contribution >= 4 is 38.6 Å². The van der Waals surface area contributed by atoms with E-state index in [2.05, 4.69) is 40.1 Å². The molecule has 86 valence electrons. The third-order valence-electron chi connectivity index (χ3n) is 2.49. The van der Waals surface area contributed by atoms with Crippen LogP contribution in [0.1, 0.15) is 11.5 Å². The number of rotatable bonds is 2. The second-order valence-corrected chi connectivity index (χ2v) is 5.16. The number of aryl methyl sites for hydroxylation is 1. The second kappa shape index (κ2) is 4.15. The first kappa shape index (κ1) is 10.8. The normalized spacial score (nSPS) is 11.2. The van der Waals surface area contributed by atoms with E-state index in [1.54, 1.807) is 6.20 Å². The largest absolute Gasteiger partial charge is 0.321 e. The molecule has 0 aromatic carbocycles. The van der Waals surface area contributed by atoms with Crippen LogP contribution < -0.4 is 0 Å². The summed E-state index contributed by atoms with van der Waals surface area (Å²) in [5, 5.41) is 5.99. The van der Waals surface area contributed by atoms with E-state index in [9.17, 15) is 0 Å². The minimum absolute atomic E-state index is 0.678. The average molecular weight is 310 g/mol. The molecule has 5 nitrogen and oxygen atoms in total. The average Bonchev–Trinajstić information content (AvgIpc) is 2.90. The zero-order valence-corrected chi connectivity index (χ0v) is 11.4. The molecule has 3 aromatic heterocycles. The van der Waals surface area contributed by atoms with Crippen molar-refractivity contribution in [2.75, 3.05) is 0 Å². The molecule has 0 saturated carbocycles. The molecule has 3 heterocycles. The van der Waals surface area contributed by atoms with Crippen molar-refractivity contribution in [1.29, 1.82) is 0 Å². The highest BCUT2D eigenvalue weighted by Crippen LogP contribution is 2.19. The fraction of sp³-hybridized carbons (Fsp3) is 0.200. The molecule has 17 heavy (non-hydrogen) atoms. The number of aromatic nitrogens is 5. The highest BCUT2D eigenvalue weighted by Gasteiger charge is 2.10. The van der Waals surface area contributed by atoms with E-state index in [1.807, 2.05) is 18.4 Å². The number of halogens is 1. The van der Waals surface area contributed by atoms with Crippen molar-refractivity contribution in [2.45, 2.75) is 13.5 Å². The molecule has 0 aliphatic carbocycles. The molecular formula is C10H8BrN5S. The fourth-order valence-electron chi connectivity index (χ4n) is 1.71. The molecule has 0 atom stereocenters. The Morgan fingerprint density at radius 2 is 2.35 bits per heavy atom. The third-order valence-corrected chi connectivity index (χ3v) is 3.48. The first-order valence-corrected chi connectivity index (χ1v) is 6.61. The maximum atomic E-state index is 4.42. The number of imidazole rings is 1.